The number of carboxylic acids is 1. The van der Waals surface area contributed by atoms with Crippen LogP contribution in [0.1, 0.15) is 31.7 Å². The molecule has 2 atom stereocenters. The lowest BCUT2D eigenvalue weighted by atomic mass is 9.74. The van der Waals surface area contributed by atoms with Crippen molar-refractivity contribution in [2.45, 2.75) is 32.7 Å². The fraction of sp³-hybridized carbons (Fsp3) is 0.650. The van der Waals surface area contributed by atoms with Crippen LogP contribution < -0.4 is 9.47 Å². The first-order chi connectivity index (χ1) is 12.6. The van der Waals surface area contributed by atoms with Crippen molar-refractivity contribution in [3.05, 3.63) is 23.8 Å². The number of carbonyl (C=O) groups is 1. The molecule has 0 saturated carbocycles. The highest BCUT2D eigenvalue weighted by Gasteiger charge is 2.53. The summed E-state index contributed by atoms with van der Waals surface area (Å²) in [7, 11) is 1.65. The first kappa shape index (κ1) is 19.0. The highest BCUT2D eigenvalue weighted by atomic mass is 16.5. The van der Waals surface area contributed by atoms with Crippen molar-refractivity contribution < 1.29 is 24.1 Å². The molecule has 2 heterocycles. The molecule has 0 aliphatic carbocycles. The third-order valence-electron chi connectivity index (χ3n) is 5.62. The van der Waals surface area contributed by atoms with Crippen LogP contribution in [0.25, 0.3) is 0 Å². The van der Waals surface area contributed by atoms with Crippen molar-refractivity contribution in [1.29, 1.82) is 0 Å². The van der Waals surface area contributed by atoms with Gasteiger partial charge in [-0.25, -0.2) is 0 Å². The van der Waals surface area contributed by atoms with Gasteiger partial charge in [-0.2, -0.15) is 0 Å². The Morgan fingerprint density at radius 3 is 3.00 bits per heavy atom. The highest BCUT2D eigenvalue weighted by molar-refractivity contribution is 5.76. The number of carboxylic acid groups (broad SMARTS) is 1. The van der Waals surface area contributed by atoms with Crippen LogP contribution in [0.4, 0.5) is 0 Å². The molecule has 2 aliphatic heterocycles. The number of methoxy groups -OCH3 is 1. The second-order valence-corrected chi connectivity index (χ2v) is 7.30. The smallest absolute Gasteiger partial charge is 0.311 e. The summed E-state index contributed by atoms with van der Waals surface area (Å²) >= 11 is 0. The Balaban J connectivity index is 1.77. The molecule has 1 N–H and O–H groups in total. The summed E-state index contributed by atoms with van der Waals surface area (Å²) in [6, 6.07) is 5.90. The van der Waals surface area contributed by atoms with Gasteiger partial charge in [-0.05, 0) is 18.9 Å². The van der Waals surface area contributed by atoms with Crippen LogP contribution in [-0.2, 0) is 16.1 Å². The molecule has 0 amide bonds. The van der Waals surface area contributed by atoms with E-state index in [9.17, 15) is 9.90 Å². The summed E-state index contributed by atoms with van der Waals surface area (Å²) in [4.78, 5) is 14.2. The first-order valence-corrected chi connectivity index (χ1v) is 9.43. The minimum Gasteiger partial charge on any atom is -0.493 e. The lowest BCUT2D eigenvalue weighted by Crippen LogP contribution is -2.44. The van der Waals surface area contributed by atoms with E-state index >= 15 is 0 Å². The van der Waals surface area contributed by atoms with Gasteiger partial charge >= 0.3 is 5.97 Å². The van der Waals surface area contributed by atoms with E-state index in [1.54, 1.807) is 7.11 Å². The second kappa shape index (κ2) is 8.27. The average molecular weight is 363 g/mol. The summed E-state index contributed by atoms with van der Waals surface area (Å²) in [5.74, 6) is 0.854. The normalized spacial score (nSPS) is 25.7. The summed E-state index contributed by atoms with van der Waals surface area (Å²) in [5.41, 5.74) is 0.362. The van der Waals surface area contributed by atoms with E-state index in [1.807, 2.05) is 18.2 Å². The van der Waals surface area contributed by atoms with Gasteiger partial charge in [-0.3, -0.25) is 9.69 Å². The number of nitrogens with zero attached hydrogens (tertiary/aromatic N) is 1. The lowest BCUT2D eigenvalue weighted by molar-refractivity contribution is -0.157. The number of fused-ring (bicyclic) bond motifs is 1. The van der Waals surface area contributed by atoms with E-state index in [4.69, 9.17) is 14.2 Å². The quantitative estimate of drug-likeness (QED) is 0.717. The minimum absolute atomic E-state index is 0.0452. The van der Waals surface area contributed by atoms with Crippen molar-refractivity contribution in [3.8, 4) is 11.5 Å². The molecule has 1 aromatic carbocycles. The minimum atomic E-state index is -0.696. The number of para-hydroxylation sites is 1. The molecule has 0 unspecified atom stereocenters. The monoisotopic (exact) mass is 363 g/mol. The molecular formula is C20H29NO5. The Labute approximate surface area is 155 Å². The highest BCUT2D eigenvalue weighted by Crippen LogP contribution is 2.43. The Morgan fingerprint density at radius 1 is 1.46 bits per heavy atom. The van der Waals surface area contributed by atoms with Crippen LogP contribution >= 0.6 is 0 Å². The van der Waals surface area contributed by atoms with Gasteiger partial charge in [0.05, 0.1) is 25.7 Å². The van der Waals surface area contributed by atoms with E-state index in [0.29, 0.717) is 39.3 Å². The summed E-state index contributed by atoms with van der Waals surface area (Å²) in [6.45, 7) is 5.79. The molecule has 2 aliphatic rings. The van der Waals surface area contributed by atoms with E-state index in [0.717, 1.165) is 36.4 Å². The van der Waals surface area contributed by atoms with E-state index in [2.05, 4.69) is 11.8 Å². The Kier molecular flexibility index (Phi) is 6.04. The topological polar surface area (TPSA) is 68.2 Å². The molecule has 6 heteroatoms. The number of benzene rings is 1. The van der Waals surface area contributed by atoms with Crippen molar-refractivity contribution in [2.24, 2.45) is 11.3 Å². The molecule has 144 valence electrons. The van der Waals surface area contributed by atoms with Crippen LogP contribution in [-0.4, -0.2) is 56.0 Å². The Bertz CT molecular complexity index is 635. The molecule has 3 rings (SSSR count). The average Bonchev–Trinajstić information content (AvgIpc) is 3.02. The van der Waals surface area contributed by atoms with Crippen molar-refractivity contribution in [1.82, 2.24) is 4.90 Å². The standard InChI is InChI=1S/C20H29NO5/c1-3-4-9-26-18-15(6-5-7-17(18)24-2)11-21-12-16-13-25-10-8-20(16,14-21)19(22)23/h5-7,16H,3-4,8-14H2,1-2H3,(H,22,23)/t16-,20+/m1/s1. The molecule has 0 spiro atoms. The van der Waals surface area contributed by atoms with E-state index in [-0.39, 0.29) is 5.92 Å². The van der Waals surface area contributed by atoms with Crippen molar-refractivity contribution >= 4 is 5.97 Å². The van der Waals surface area contributed by atoms with Crippen LogP contribution in [0.15, 0.2) is 18.2 Å². The maximum absolute atomic E-state index is 12.0. The van der Waals surface area contributed by atoms with Crippen LogP contribution in [0.2, 0.25) is 0 Å². The van der Waals surface area contributed by atoms with E-state index in [1.165, 1.54) is 0 Å². The molecule has 2 fully saturated rings. The number of unbranched alkanes of at least 4 members (excludes halogenated alkanes) is 1. The number of rotatable bonds is 8. The number of ether oxygens (including phenoxy) is 3. The molecule has 0 bridgehead atoms. The number of hydrogen-bond acceptors (Lipinski definition) is 5. The zero-order valence-electron chi connectivity index (χ0n) is 15.7. The lowest BCUT2D eigenvalue weighted by Gasteiger charge is -2.34. The fourth-order valence-corrected chi connectivity index (χ4v) is 4.09. The molecular weight excluding hydrogens is 334 g/mol. The Morgan fingerprint density at radius 2 is 2.31 bits per heavy atom. The van der Waals surface area contributed by atoms with Gasteiger partial charge in [0.25, 0.3) is 0 Å². The van der Waals surface area contributed by atoms with Gasteiger partial charge in [0.2, 0.25) is 0 Å². The summed E-state index contributed by atoms with van der Waals surface area (Å²) in [6.07, 6.45) is 2.64. The zero-order chi connectivity index (χ0) is 18.6. The van der Waals surface area contributed by atoms with Gasteiger partial charge < -0.3 is 19.3 Å². The van der Waals surface area contributed by atoms with Crippen LogP contribution in [0.3, 0.4) is 0 Å². The van der Waals surface area contributed by atoms with Crippen molar-refractivity contribution in [2.75, 3.05) is 40.0 Å². The summed E-state index contributed by atoms with van der Waals surface area (Å²) < 4.78 is 17.0. The molecule has 0 aromatic heterocycles. The first-order valence-electron chi connectivity index (χ1n) is 9.43. The number of hydrogen-bond donors (Lipinski definition) is 1. The zero-order valence-corrected chi connectivity index (χ0v) is 15.7. The number of likely N-dealkylation sites (tertiary alicyclic amines) is 1. The third kappa shape index (κ3) is 3.67. The second-order valence-electron chi connectivity index (χ2n) is 7.30. The predicted octanol–water partition coefficient (Wildman–Crippen LogP) is 2.80. The fourth-order valence-electron chi connectivity index (χ4n) is 4.09. The molecule has 6 nitrogen and oxygen atoms in total. The summed E-state index contributed by atoms with van der Waals surface area (Å²) in [5, 5.41) is 9.84. The SMILES string of the molecule is CCCCOc1c(CN2C[C@@H]3COCC[C@]3(C(=O)O)C2)cccc1OC. The van der Waals surface area contributed by atoms with Crippen molar-refractivity contribution in [3.63, 3.8) is 0 Å². The molecule has 1 aromatic rings. The predicted molar refractivity (Wildman–Crippen MR) is 97.7 cm³/mol. The van der Waals surface area contributed by atoms with Crippen LogP contribution in [0, 0.1) is 11.3 Å². The van der Waals surface area contributed by atoms with Gasteiger partial charge in [0.15, 0.2) is 11.5 Å². The molecule has 0 radical (unpaired) electrons. The van der Waals surface area contributed by atoms with Gasteiger partial charge in [-0.1, -0.05) is 25.5 Å². The third-order valence-corrected chi connectivity index (χ3v) is 5.62. The van der Waals surface area contributed by atoms with Gasteiger partial charge in [0, 0.05) is 37.7 Å². The maximum Gasteiger partial charge on any atom is 0.311 e. The van der Waals surface area contributed by atoms with Gasteiger partial charge in [0.1, 0.15) is 0 Å². The number of aliphatic carboxylic acids is 1. The largest absolute Gasteiger partial charge is 0.493 e. The van der Waals surface area contributed by atoms with Crippen LogP contribution in [0.5, 0.6) is 11.5 Å². The van der Waals surface area contributed by atoms with E-state index < -0.39 is 11.4 Å². The van der Waals surface area contributed by atoms with Gasteiger partial charge in [-0.15, -0.1) is 0 Å². The molecule has 26 heavy (non-hydrogen) atoms. The maximum atomic E-state index is 12.0. The Hall–Kier alpha value is -1.79. The molecule has 2 saturated heterocycles.